The van der Waals surface area contributed by atoms with E-state index < -0.39 is 40.7 Å². The molecule has 0 aliphatic carbocycles. The number of rotatable bonds is 4. The van der Waals surface area contributed by atoms with Crippen LogP contribution in [0, 0.1) is 11.7 Å². The fourth-order valence-corrected chi connectivity index (χ4v) is 5.90. The Balaban J connectivity index is 1.67. The van der Waals surface area contributed by atoms with E-state index in [1.807, 2.05) is 6.92 Å². The Morgan fingerprint density at radius 1 is 0.875 bits per heavy atom. The zero-order chi connectivity index (χ0) is 29.7. The van der Waals surface area contributed by atoms with Crippen molar-refractivity contribution in [3.63, 3.8) is 0 Å². The first kappa shape index (κ1) is 29.8. The van der Waals surface area contributed by atoms with E-state index in [1.165, 1.54) is 19.1 Å². The van der Waals surface area contributed by atoms with Crippen molar-refractivity contribution in [2.24, 2.45) is 5.92 Å². The molecule has 2 aliphatic rings. The van der Waals surface area contributed by atoms with Crippen molar-refractivity contribution in [2.75, 3.05) is 26.2 Å². The second-order valence-electron chi connectivity index (χ2n) is 10.8. The molecule has 40 heavy (non-hydrogen) atoms. The Kier molecular flexibility index (Phi) is 7.72. The molecule has 0 bridgehead atoms. The van der Waals surface area contributed by atoms with Gasteiger partial charge >= 0.3 is 12.4 Å². The largest absolute Gasteiger partial charge is 0.430 e. The van der Waals surface area contributed by atoms with Crippen molar-refractivity contribution in [3.05, 3.63) is 71.0 Å². The molecule has 0 spiro atoms. The standard InChI is InChI=1S/C28H29F7N2O3/c1-17(38)36-13-11-19(12-14-36)24(39)37-15-23(25(2,16-37)20-7-9-22(29)10-8-20)18-3-5-21(6-4-18)26(40,27(30,31)32)28(33,34)35/h3-10,19,23,40H,11-16H2,1-2H3. The van der Waals surface area contributed by atoms with Crippen LogP contribution in [-0.4, -0.2) is 65.3 Å². The number of amides is 2. The van der Waals surface area contributed by atoms with Gasteiger partial charge in [-0.1, -0.05) is 43.3 Å². The highest BCUT2D eigenvalue weighted by molar-refractivity contribution is 5.80. The molecule has 2 unspecified atom stereocenters. The molecule has 2 aromatic carbocycles. The van der Waals surface area contributed by atoms with Crippen molar-refractivity contribution in [3.8, 4) is 0 Å². The van der Waals surface area contributed by atoms with Gasteiger partial charge < -0.3 is 14.9 Å². The molecule has 2 amide bonds. The van der Waals surface area contributed by atoms with Crippen molar-refractivity contribution >= 4 is 11.8 Å². The average molecular weight is 575 g/mol. The summed E-state index contributed by atoms with van der Waals surface area (Å²) in [5, 5.41) is 9.77. The minimum absolute atomic E-state index is 0.0811. The molecule has 2 saturated heterocycles. The van der Waals surface area contributed by atoms with Crippen LogP contribution >= 0.6 is 0 Å². The van der Waals surface area contributed by atoms with Gasteiger partial charge in [-0.25, -0.2) is 4.39 Å². The van der Waals surface area contributed by atoms with Crippen LogP contribution in [0.25, 0.3) is 0 Å². The van der Waals surface area contributed by atoms with E-state index >= 15 is 0 Å². The number of likely N-dealkylation sites (tertiary alicyclic amines) is 2. The molecule has 218 valence electrons. The van der Waals surface area contributed by atoms with Crippen LogP contribution in [0.2, 0.25) is 0 Å². The highest BCUT2D eigenvalue weighted by Crippen LogP contribution is 2.51. The van der Waals surface area contributed by atoms with Gasteiger partial charge in [0.25, 0.3) is 5.60 Å². The second kappa shape index (κ2) is 10.4. The second-order valence-corrected chi connectivity index (χ2v) is 10.8. The summed E-state index contributed by atoms with van der Waals surface area (Å²) < 4.78 is 94.0. The smallest absolute Gasteiger partial charge is 0.369 e. The molecule has 5 nitrogen and oxygen atoms in total. The van der Waals surface area contributed by atoms with E-state index in [4.69, 9.17) is 0 Å². The van der Waals surface area contributed by atoms with Gasteiger partial charge in [-0.05, 0) is 36.1 Å². The fraction of sp³-hybridized carbons (Fsp3) is 0.500. The first-order valence-corrected chi connectivity index (χ1v) is 12.8. The molecule has 0 saturated carbocycles. The van der Waals surface area contributed by atoms with E-state index in [1.54, 1.807) is 21.9 Å². The first-order valence-electron chi connectivity index (χ1n) is 12.8. The predicted molar refractivity (Wildman–Crippen MR) is 130 cm³/mol. The van der Waals surface area contributed by atoms with Crippen molar-refractivity contribution in [2.45, 2.75) is 56.0 Å². The number of hydrogen-bond acceptors (Lipinski definition) is 3. The minimum atomic E-state index is -6.01. The van der Waals surface area contributed by atoms with Gasteiger partial charge in [-0.15, -0.1) is 0 Å². The lowest BCUT2D eigenvalue weighted by molar-refractivity contribution is -0.376. The summed E-state index contributed by atoms with van der Waals surface area (Å²) in [5.41, 5.74) is -6.26. The van der Waals surface area contributed by atoms with Gasteiger partial charge in [-0.3, -0.25) is 9.59 Å². The number of halogens is 7. The molecule has 12 heteroatoms. The topological polar surface area (TPSA) is 60.9 Å². The van der Waals surface area contributed by atoms with Crippen LogP contribution in [0.15, 0.2) is 48.5 Å². The Morgan fingerprint density at radius 2 is 1.40 bits per heavy atom. The SMILES string of the molecule is CC(=O)N1CCC(C(=O)N2CC(c3ccc(C(O)(C(F)(F)F)C(F)(F)F)cc3)C(C)(c3ccc(F)cc3)C2)CC1. The number of carbonyl (C=O) groups is 2. The monoisotopic (exact) mass is 574 g/mol. The summed E-state index contributed by atoms with van der Waals surface area (Å²) in [7, 11) is 0. The molecule has 4 rings (SSSR count). The Bertz CT molecular complexity index is 1220. The van der Waals surface area contributed by atoms with E-state index in [-0.39, 0.29) is 30.8 Å². The van der Waals surface area contributed by atoms with Crippen LogP contribution in [0.3, 0.4) is 0 Å². The van der Waals surface area contributed by atoms with E-state index in [0.29, 0.717) is 49.2 Å². The van der Waals surface area contributed by atoms with Crippen molar-refractivity contribution in [1.82, 2.24) is 9.80 Å². The summed E-state index contributed by atoms with van der Waals surface area (Å²) in [6.07, 6.45) is -11.1. The summed E-state index contributed by atoms with van der Waals surface area (Å²) >= 11 is 0. The van der Waals surface area contributed by atoms with Gasteiger partial charge in [0.15, 0.2) is 0 Å². The summed E-state index contributed by atoms with van der Waals surface area (Å²) in [6, 6.07) is 8.98. The molecule has 2 aliphatic heterocycles. The van der Waals surface area contributed by atoms with Gasteiger partial charge in [-0.2, -0.15) is 26.3 Å². The maximum atomic E-state index is 13.7. The zero-order valence-corrected chi connectivity index (χ0v) is 21.8. The lowest BCUT2D eigenvalue weighted by Crippen LogP contribution is -2.53. The Hall–Kier alpha value is -3.15. The molecule has 2 heterocycles. The number of hydrogen-bond donors (Lipinski definition) is 1. The Morgan fingerprint density at radius 3 is 1.88 bits per heavy atom. The van der Waals surface area contributed by atoms with Crippen molar-refractivity contribution < 1.29 is 45.4 Å². The van der Waals surface area contributed by atoms with Gasteiger partial charge in [0.1, 0.15) is 5.82 Å². The van der Waals surface area contributed by atoms with Crippen LogP contribution in [0.1, 0.15) is 49.3 Å². The molecule has 2 atom stereocenters. The van der Waals surface area contributed by atoms with E-state index in [2.05, 4.69) is 0 Å². The maximum absolute atomic E-state index is 13.7. The molecule has 0 radical (unpaired) electrons. The van der Waals surface area contributed by atoms with Crippen molar-refractivity contribution in [1.29, 1.82) is 0 Å². The van der Waals surface area contributed by atoms with Crippen LogP contribution in [-0.2, 0) is 20.6 Å². The highest BCUT2D eigenvalue weighted by atomic mass is 19.4. The third-order valence-corrected chi connectivity index (χ3v) is 8.35. The molecule has 2 fully saturated rings. The van der Waals surface area contributed by atoms with Crippen LogP contribution in [0.5, 0.6) is 0 Å². The number of carbonyl (C=O) groups excluding carboxylic acids is 2. The number of nitrogens with zero attached hydrogens (tertiary/aromatic N) is 2. The van der Waals surface area contributed by atoms with Crippen LogP contribution in [0.4, 0.5) is 30.7 Å². The van der Waals surface area contributed by atoms with E-state index in [9.17, 15) is 45.4 Å². The summed E-state index contributed by atoms with van der Waals surface area (Å²) in [4.78, 5) is 28.4. The quantitative estimate of drug-likeness (QED) is 0.506. The highest BCUT2D eigenvalue weighted by Gasteiger charge is 2.71. The zero-order valence-electron chi connectivity index (χ0n) is 21.8. The predicted octanol–water partition coefficient (Wildman–Crippen LogP) is 5.28. The molecule has 1 N–H and O–H groups in total. The molecular formula is C28H29F7N2O3. The molecule has 2 aromatic rings. The minimum Gasteiger partial charge on any atom is -0.369 e. The average Bonchev–Trinajstić information content (AvgIpc) is 3.25. The molecular weight excluding hydrogens is 545 g/mol. The summed E-state index contributed by atoms with van der Waals surface area (Å²) in [6.45, 7) is 4.44. The first-order chi connectivity index (χ1) is 18.5. The number of piperidine rings is 1. The lowest BCUT2D eigenvalue weighted by Gasteiger charge is -2.34. The maximum Gasteiger partial charge on any atom is 0.430 e. The van der Waals surface area contributed by atoms with E-state index in [0.717, 1.165) is 12.1 Å². The lowest BCUT2D eigenvalue weighted by atomic mass is 9.71. The summed E-state index contributed by atoms with van der Waals surface area (Å²) in [5.74, 6) is -1.63. The number of benzene rings is 2. The number of alkyl halides is 6. The molecule has 0 aromatic heterocycles. The van der Waals surface area contributed by atoms with Gasteiger partial charge in [0.2, 0.25) is 11.8 Å². The third-order valence-electron chi connectivity index (χ3n) is 8.35. The normalized spacial score (nSPS) is 23.0. The Labute approximate surface area is 226 Å². The fourth-order valence-electron chi connectivity index (χ4n) is 5.90. The van der Waals surface area contributed by atoms with Crippen LogP contribution < -0.4 is 0 Å². The van der Waals surface area contributed by atoms with Gasteiger partial charge in [0, 0.05) is 55.9 Å². The number of aliphatic hydroxyl groups is 1. The third kappa shape index (κ3) is 5.17. The van der Waals surface area contributed by atoms with Gasteiger partial charge in [0.05, 0.1) is 0 Å².